The second-order valence-electron chi connectivity index (χ2n) is 6.69. The molecule has 2 aliphatic rings. The Bertz CT molecular complexity index is 653. The molecule has 2 saturated heterocycles. The molecule has 2 aromatic rings. The van der Waals surface area contributed by atoms with E-state index >= 15 is 0 Å². The van der Waals surface area contributed by atoms with Crippen LogP contribution in [0.1, 0.15) is 26.2 Å². The molecule has 0 N–H and O–H groups in total. The van der Waals surface area contributed by atoms with E-state index in [0.29, 0.717) is 6.10 Å². The first-order chi connectivity index (χ1) is 10.3. The van der Waals surface area contributed by atoms with Gasteiger partial charge in [-0.15, -0.1) is 0 Å². The first kappa shape index (κ1) is 15.8. The number of benzene rings is 2. The molecule has 22 heavy (non-hydrogen) atoms. The van der Waals surface area contributed by atoms with Gasteiger partial charge in [-0.3, -0.25) is 0 Å². The monoisotopic (exact) mass is 361 g/mol. The van der Waals surface area contributed by atoms with Crippen LogP contribution in [0.25, 0.3) is 10.8 Å². The van der Waals surface area contributed by atoms with Crippen molar-refractivity contribution in [3.05, 3.63) is 42.5 Å². The molecule has 118 valence electrons. The summed E-state index contributed by atoms with van der Waals surface area (Å²) in [5.74, 6) is 1.06. The first-order valence-corrected chi connectivity index (χ1v) is 8.31. The van der Waals surface area contributed by atoms with Crippen LogP contribution in [-0.4, -0.2) is 36.3 Å². The van der Waals surface area contributed by atoms with Gasteiger partial charge >= 0.3 is 0 Å². The summed E-state index contributed by atoms with van der Waals surface area (Å²) in [4.78, 5) is 0. The van der Waals surface area contributed by atoms with Crippen molar-refractivity contribution in [2.45, 2.75) is 38.3 Å². The lowest BCUT2D eigenvalue weighted by Crippen LogP contribution is -3.00. The van der Waals surface area contributed by atoms with Gasteiger partial charge in [-0.05, 0) is 18.4 Å². The molecule has 0 amide bonds. The number of nitrogens with zero attached hydrogens (tertiary/aromatic N) is 1. The first-order valence-electron chi connectivity index (χ1n) is 8.31. The molecule has 2 fully saturated rings. The maximum atomic E-state index is 6.44. The van der Waals surface area contributed by atoms with Crippen molar-refractivity contribution in [2.24, 2.45) is 0 Å². The Morgan fingerprint density at radius 3 is 2.77 bits per heavy atom. The SMILES string of the molecule is CC[N+]12CCCC1CC(Oc1cccc3ccccc13)C2.[Br-]. The Kier molecular flexibility index (Phi) is 4.47. The molecule has 2 aromatic carbocycles. The number of halogens is 1. The molecule has 3 heteroatoms. The molecular weight excluding hydrogens is 338 g/mol. The Hall–Kier alpha value is -1.06. The van der Waals surface area contributed by atoms with Gasteiger partial charge in [-0.2, -0.15) is 0 Å². The maximum absolute atomic E-state index is 6.44. The normalized spacial score (nSPS) is 30.0. The molecule has 2 nitrogen and oxygen atoms in total. The third kappa shape index (κ3) is 2.55. The summed E-state index contributed by atoms with van der Waals surface area (Å²) < 4.78 is 7.74. The lowest BCUT2D eigenvalue weighted by molar-refractivity contribution is -0.926. The fourth-order valence-corrected chi connectivity index (χ4v) is 4.57. The fraction of sp³-hybridized carbons (Fsp3) is 0.474. The van der Waals surface area contributed by atoms with Gasteiger partial charge in [0.25, 0.3) is 0 Å². The summed E-state index contributed by atoms with van der Waals surface area (Å²) in [5.41, 5.74) is 0. The Morgan fingerprint density at radius 2 is 1.95 bits per heavy atom. The maximum Gasteiger partial charge on any atom is 0.153 e. The Labute approximate surface area is 143 Å². The molecule has 0 saturated carbocycles. The third-order valence-corrected chi connectivity index (χ3v) is 5.69. The second-order valence-corrected chi connectivity index (χ2v) is 6.69. The molecule has 3 atom stereocenters. The lowest BCUT2D eigenvalue weighted by atomic mass is 10.1. The van der Waals surface area contributed by atoms with Crippen molar-refractivity contribution in [3.63, 3.8) is 0 Å². The minimum absolute atomic E-state index is 0. The molecule has 3 unspecified atom stereocenters. The highest BCUT2D eigenvalue weighted by atomic mass is 79.9. The summed E-state index contributed by atoms with van der Waals surface area (Å²) in [7, 11) is 0. The highest BCUT2D eigenvalue weighted by Crippen LogP contribution is 2.38. The van der Waals surface area contributed by atoms with Crippen LogP contribution in [0.4, 0.5) is 0 Å². The van der Waals surface area contributed by atoms with E-state index in [9.17, 15) is 0 Å². The van der Waals surface area contributed by atoms with Gasteiger partial charge in [0.15, 0.2) is 6.10 Å². The van der Waals surface area contributed by atoms with Gasteiger partial charge in [0.2, 0.25) is 0 Å². The van der Waals surface area contributed by atoms with Crippen LogP contribution in [0.2, 0.25) is 0 Å². The zero-order chi connectivity index (χ0) is 14.3. The van der Waals surface area contributed by atoms with Gasteiger partial charge in [0.1, 0.15) is 12.3 Å². The van der Waals surface area contributed by atoms with Crippen molar-refractivity contribution in [3.8, 4) is 5.75 Å². The fourth-order valence-electron chi connectivity index (χ4n) is 4.57. The minimum Gasteiger partial charge on any atom is -1.00 e. The quantitative estimate of drug-likeness (QED) is 0.741. The van der Waals surface area contributed by atoms with E-state index in [1.165, 1.54) is 54.2 Å². The average Bonchev–Trinajstić information content (AvgIpc) is 3.04. The van der Waals surface area contributed by atoms with E-state index in [1.54, 1.807) is 0 Å². The van der Waals surface area contributed by atoms with E-state index < -0.39 is 0 Å². The standard InChI is InChI=1S/C19H24NO.BrH/c1-2-20-12-6-9-16(20)13-17(14-20)21-19-11-5-8-15-7-3-4-10-18(15)19;/h3-5,7-8,10-11,16-17H,2,6,9,12-14H2,1H3;1H/q+1;/p-1. The van der Waals surface area contributed by atoms with Crippen LogP contribution in [0.15, 0.2) is 42.5 Å². The van der Waals surface area contributed by atoms with Crippen LogP contribution in [-0.2, 0) is 0 Å². The number of quaternary nitrogens is 1. The number of likely N-dealkylation sites (N-methyl/N-ethyl adjacent to an activating group) is 1. The number of rotatable bonds is 3. The van der Waals surface area contributed by atoms with Crippen LogP contribution < -0.4 is 21.7 Å². The number of fused-ring (bicyclic) bond motifs is 2. The number of hydrogen-bond acceptors (Lipinski definition) is 1. The Balaban J connectivity index is 0.00000144. The van der Waals surface area contributed by atoms with Crippen molar-refractivity contribution < 1.29 is 26.2 Å². The topological polar surface area (TPSA) is 9.23 Å². The van der Waals surface area contributed by atoms with E-state index in [-0.39, 0.29) is 17.0 Å². The van der Waals surface area contributed by atoms with Gasteiger partial charge in [0, 0.05) is 24.6 Å². The highest BCUT2D eigenvalue weighted by molar-refractivity contribution is 5.88. The molecule has 0 radical (unpaired) electrons. The minimum atomic E-state index is 0. The van der Waals surface area contributed by atoms with E-state index in [1.807, 2.05) is 0 Å². The number of ether oxygens (including phenoxy) is 1. The smallest absolute Gasteiger partial charge is 0.153 e. The molecule has 0 aliphatic carbocycles. The van der Waals surface area contributed by atoms with Gasteiger partial charge in [-0.1, -0.05) is 36.4 Å². The molecule has 0 bridgehead atoms. The molecule has 0 spiro atoms. The van der Waals surface area contributed by atoms with Crippen molar-refractivity contribution >= 4 is 10.8 Å². The van der Waals surface area contributed by atoms with Crippen LogP contribution in [0, 0.1) is 0 Å². The average molecular weight is 362 g/mol. The Morgan fingerprint density at radius 1 is 1.14 bits per heavy atom. The lowest BCUT2D eigenvalue weighted by Gasteiger charge is -2.33. The molecule has 0 aromatic heterocycles. The largest absolute Gasteiger partial charge is 1.00 e. The predicted molar refractivity (Wildman–Crippen MR) is 86.5 cm³/mol. The van der Waals surface area contributed by atoms with Crippen LogP contribution >= 0.6 is 0 Å². The summed E-state index contributed by atoms with van der Waals surface area (Å²) >= 11 is 0. The summed E-state index contributed by atoms with van der Waals surface area (Å²) in [6.07, 6.45) is 4.42. The van der Waals surface area contributed by atoms with E-state index in [0.717, 1.165) is 11.8 Å². The summed E-state index contributed by atoms with van der Waals surface area (Å²) in [6.45, 7) is 6.17. The van der Waals surface area contributed by atoms with Gasteiger partial charge in [-0.25, -0.2) is 0 Å². The van der Waals surface area contributed by atoms with E-state index in [2.05, 4.69) is 49.4 Å². The zero-order valence-corrected chi connectivity index (χ0v) is 14.8. The number of hydrogen-bond donors (Lipinski definition) is 0. The van der Waals surface area contributed by atoms with E-state index in [4.69, 9.17) is 4.74 Å². The molecule has 4 rings (SSSR count). The predicted octanol–water partition coefficient (Wildman–Crippen LogP) is 0.994. The second kappa shape index (κ2) is 6.21. The zero-order valence-electron chi connectivity index (χ0n) is 13.2. The molecular formula is C19H24BrNO. The van der Waals surface area contributed by atoms with Crippen molar-refractivity contribution in [1.82, 2.24) is 0 Å². The van der Waals surface area contributed by atoms with Gasteiger partial charge < -0.3 is 26.2 Å². The van der Waals surface area contributed by atoms with Crippen LogP contribution in [0.3, 0.4) is 0 Å². The highest BCUT2D eigenvalue weighted by Gasteiger charge is 2.49. The van der Waals surface area contributed by atoms with Gasteiger partial charge in [0.05, 0.1) is 19.1 Å². The molecule has 2 heterocycles. The molecule has 2 aliphatic heterocycles. The van der Waals surface area contributed by atoms with Crippen molar-refractivity contribution in [2.75, 3.05) is 19.6 Å². The summed E-state index contributed by atoms with van der Waals surface area (Å²) in [6, 6.07) is 15.8. The summed E-state index contributed by atoms with van der Waals surface area (Å²) in [5, 5.41) is 2.52. The van der Waals surface area contributed by atoms with Crippen LogP contribution in [0.5, 0.6) is 5.75 Å². The van der Waals surface area contributed by atoms with Crippen molar-refractivity contribution in [1.29, 1.82) is 0 Å². The third-order valence-electron chi connectivity index (χ3n) is 5.69.